The molecule has 0 bridgehead atoms. The average Bonchev–Trinajstić information content (AvgIpc) is 2.56. The van der Waals surface area contributed by atoms with E-state index in [4.69, 9.17) is 5.11 Å². The second-order valence-corrected chi connectivity index (χ2v) is 6.99. The van der Waals surface area contributed by atoms with E-state index in [9.17, 15) is 4.79 Å². The van der Waals surface area contributed by atoms with Gasteiger partial charge in [-0.1, -0.05) is 70.4 Å². The quantitative estimate of drug-likeness (QED) is 0.271. The molecule has 0 heterocycles. The maximum Gasteiger partial charge on any atom is 0.220 e. The van der Waals surface area contributed by atoms with Crippen molar-refractivity contribution in [3.8, 4) is 0 Å². The molecule has 24 heavy (non-hydrogen) atoms. The van der Waals surface area contributed by atoms with E-state index in [1.165, 1.54) is 70.6 Å². The summed E-state index contributed by atoms with van der Waals surface area (Å²) in [5, 5.41) is 11.8. The number of rotatable bonds is 17. The molecule has 0 aromatic heterocycles. The number of hydrogen-bond donors (Lipinski definition) is 2. The highest BCUT2D eigenvalue weighted by molar-refractivity contribution is 5.75. The first-order valence-electron chi connectivity index (χ1n) is 10.3. The topological polar surface area (TPSA) is 49.3 Å². The van der Waals surface area contributed by atoms with Crippen molar-refractivity contribution in [1.29, 1.82) is 0 Å². The van der Waals surface area contributed by atoms with Crippen LogP contribution in [-0.4, -0.2) is 23.7 Å². The lowest BCUT2D eigenvalue weighted by atomic mass is 10.1. The monoisotopic (exact) mass is 339 g/mol. The number of carbonyl (C=O) groups excluding carboxylic acids is 1. The zero-order valence-electron chi connectivity index (χ0n) is 16.2. The molecule has 0 saturated heterocycles. The molecule has 0 aromatic carbocycles. The van der Waals surface area contributed by atoms with Gasteiger partial charge in [0.1, 0.15) is 0 Å². The van der Waals surface area contributed by atoms with E-state index in [2.05, 4.69) is 24.4 Å². The first-order chi connectivity index (χ1) is 11.7. The predicted molar refractivity (Wildman–Crippen MR) is 104 cm³/mol. The molecule has 3 nitrogen and oxygen atoms in total. The van der Waals surface area contributed by atoms with Gasteiger partial charge in [0.25, 0.3) is 0 Å². The summed E-state index contributed by atoms with van der Waals surface area (Å²) in [6.45, 7) is 4.31. The summed E-state index contributed by atoms with van der Waals surface area (Å²) in [5.41, 5.74) is 0. The molecule has 0 spiro atoms. The van der Waals surface area contributed by atoms with E-state index in [1.54, 1.807) is 6.92 Å². The van der Waals surface area contributed by atoms with Crippen molar-refractivity contribution in [2.45, 2.75) is 110 Å². The fourth-order valence-electron chi connectivity index (χ4n) is 2.71. The number of amides is 1. The Morgan fingerprint density at radius 3 is 1.92 bits per heavy atom. The Morgan fingerprint density at radius 2 is 1.38 bits per heavy atom. The normalized spacial score (nSPS) is 12.6. The van der Waals surface area contributed by atoms with Crippen molar-refractivity contribution in [2.75, 3.05) is 6.54 Å². The lowest BCUT2D eigenvalue weighted by Gasteiger charge is -2.06. The van der Waals surface area contributed by atoms with Gasteiger partial charge in [0.05, 0.1) is 6.10 Å². The Labute approximate surface area is 150 Å². The summed E-state index contributed by atoms with van der Waals surface area (Å²) in [7, 11) is 0. The molecule has 1 amide bonds. The molecule has 2 N–H and O–H groups in total. The SMILES string of the molecule is CCCCCCCC/C=C/CCCCCCCC(=O)NC[C@@H](C)O. The maximum atomic E-state index is 11.5. The standard InChI is InChI=1S/C21H41NO2/c1-3-4-5-6-7-8-9-10-11-12-13-14-15-16-17-18-21(24)22-19-20(2)23/h10-11,20,23H,3-9,12-19H2,1-2H3,(H,22,24)/b11-10+/t20-/m1/s1. The number of unbranched alkanes of at least 4 members (excludes halogenated alkanes) is 11. The molecule has 0 aromatic rings. The minimum atomic E-state index is -0.455. The van der Waals surface area contributed by atoms with Gasteiger partial charge < -0.3 is 10.4 Å². The van der Waals surface area contributed by atoms with Crippen LogP contribution in [0, 0.1) is 0 Å². The molecular formula is C21H41NO2. The summed E-state index contributed by atoms with van der Waals surface area (Å²) in [5.74, 6) is 0.0635. The van der Waals surface area contributed by atoms with Crippen LogP contribution < -0.4 is 5.32 Å². The van der Waals surface area contributed by atoms with E-state index >= 15 is 0 Å². The number of aliphatic hydroxyl groups excluding tert-OH is 1. The average molecular weight is 340 g/mol. The van der Waals surface area contributed by atoms with Gasteiger partial charge >= 0.3 is 0 Å². The van der Waals surface area contributed by atoms with Crippen molar-refractivity contribution in [2.24, 2.45) is 0 Å². The third-order valence-corrected chi connectivity index (χ3v) is 4.26. The van der Waals surface area contributed by atoms with Gasteiger partial charge in [0.15, 0.2) is 0 Å². The summed E-state index contributed by atoms with van der Waals surface area (Å²) in [4.78, 5) is 11.5. The van der Waals surface area contributed by atoms with Crippen molar-refractivity contribution in [3.05, 3.63) is 12.2 Å². The van der Waals surface area contributed by atoms with Crippen LogP contribution in [-0.2, 0) is 4.79 Å². The number of carbonyl (C=O) groups is 1. The molecule has 0 radical (unpaired) electrons. The third kappa shape index (κ3) is 19.2. The van der Waals surface area contributed by atoms with Gasteiger partial charge in [-0.05, 0) is 39.0 Å². The largest absolute Gasteiger partial charge is 0.392 e. The number of nitrogens with one attached hydrogen (secondary N) is 1. The fraction of sp³-hybridized carbons (Fsp3) is 0.857. The van der Waals surface area contributed by atoms with Crippen LogP contribution in [0.1, 0.15) is 104 Å². The summed E-state index contributed by atoms with van der Waals surface area (Å²) in [6, 6.07) is 0. The van der Waals surface area contributed by atoms with Crippen molar-refractivity contribution in [1.82, 2.24) is 5.32 Å². The van der Waals surface area contributed by atoms with Crippen molar-refractivity contribution < 1.29 is 9.90 Å². The minimum absolute atomic E-state index is 0.0635. The van der Waals surface area contributed by atoms with Gasteiger partial charge in [-0.2, -0.15) is 0 Å². The van der Waals surface area contributed by atoms with Gasteiger partial charge in [-0.15, -0.1) is 0 Å². The smallest absolute Gasteiger partial charge is 0.220 e. The van der Waals surface area contributed by atoms with E-state index in [-0.39, 0.29) is 5.91 Å². The number of aliphatic hydroxyl groups is 1. The molecule has 0 aliphatic heterocycles. The molecule has 0 fully saturated rings. The van der Waals surface area contributed by atoms with Crippen LogP contribution >= 0.6 is 0 Å². The van der Waals surface area contributed by atoms with Gasteiger partial charge in [0.2, 0.25) is 5.91 Å². The summed E-state index contributed by atoms with van der Waals surface area (Å²) in [6.07, 6.45) is 21.4. The Balaban J connectivity index is 3.19. The Bertz CT molecular complexity index is 300. The first-order valence-corrected chi connectivity index (χ1v) is 10.3. The van der Waals surface area contributed by atoms with Gasteiger partial charge in [-0.3, -0.25) is 4.79 Å². The van der Waals surface area contributed by atoms with Crippen LogP contribution in [0.25, 0.3) is 0 Å². The van der Waals surface area contributed by atoms with Crippen molar-refractivity contribution >= 4 is 5.91 Å². The molecule has 142 valence electrons. The highest BCUT2D eigenvalue weighted by Gasteiger charge is 2.02. The van der Waals surface area contributed by atoms with Crippen LogP contribution in [0.4, 0.5) is 0 Å². The van der Waals surface area contributed by atoms with Crippen molar-refractivity contribution in [3.63, 3.8) is 0 Å². The van der Waals surface area contributed by atoms with Crippen LogP contribution in [0.5, 0.6) is 0 Å². The van der Waals surface area contributed by atoms with E-state index < -0.39 is 6.10 Å². The van der Waals surface area contributed by atoms with E-state index in [0.717, 1.165) is 12.8 Å². The molecule has 0 aliphatic carbocycles. The summed E-state index contributed by atoms with van der Waals surface area (Å²) < 4.78 is 0. The lowest BCUT2D eigenvalue weighted by molar-refractivity contribution is -0.121. The highest BCUT2D eigenvalue weighted by Crippen LogP contribution is 2.09. The molecule has 1 atom stereocenters. The molecule has 0 saturated carbocycles. The Hall–Kier alpha value is -0.830. The second-order valence-electron chi connectivity index (χ2n) is 6.99. The fourth-order valence-corrected chi connectivity index (χ4v) is 2.71. The molecule has 0 rings (SSSR count). The van der Waals surface area contributed by atoms with Crippen LogP contribution in [0.2, 0.25) is 0 Å². The zero-order valence-corrected chi connectivity index (χ0v) is 16.2. The highest BCUT2D eigenvalue weighted by atomic mass is 16.3. The van der Waals surface area contributed by atoms with Crippen LogP contribution in [0.3, 0.4) is 0 Å². The zero-order chi connectivity index (χ0) is 17.9. The maximum absolute atomic E-state index is 11.5. The number of hydrogen-bond acceptors (Lipinski definition) is 2. The lowest BCUT2D eigenvalue weighted by Crippen LogP contribution is -2.30. The minimum Gasteiger partial charge on any atom is -0.392 e. The van der Waals surface area contributed by atoms with Gasteiger partial charge in [-0.25, -0.2) is 0 Å². The molecule has 0 aliphatic rings. The van der Waals surface area contributed by atoms with E-state index in [0.29, 0.717) is 13.0 Å². The van der Waals surface area contributed by atoms with E-state index in [1.807, 2.05) is 0 Å². The molecular weight excluding hydrogens is 298 g/mol. The van der Waals surface area contributed by atoms with Crippen LogP contribution in [0.15, 0.2) is 12.2 Å². The Morgan fingerprint density at radius 1 is 0.875 bits per heavy atom. The first kappa shape index (κ1) is 23.2. The summed E-state index contributed by atoms with van der Waals surface area (Å²) >= 11 is 0. The number of allylic oxidation sites excluding steroid dienone is 2. The Kier molecular flexibility index (Phi) is 17.9. The van der Waals surface area contributed by atoms with Gasteiger partial charge in [0, 0.05) is 13.0 Å². The molecule has 0 unspecified atom stereocenters. The predicted octanol–water partition coefficient (Wildman–Crippen LogP) is 5.52. The molecule has 3 heteroatoms. The third-order valence-electron chi connectivity index (χ3n) is 4.26. The second kappa shape index (κ2) is 18.5.